The Balaban J connectivity index is 1.72. The van der Waals surface area contributed by atoms with Crippen LogP contribution in [0.25, 0.3) is 0 Å². The summed E-state index contributed by atoms with van der Waals surface area (Å²) >= 11 is 1.19. The van der Waals surface area contributed by atoms with Crippen LogP contribution in [0.2, 0.25) is 0 Å². The monoisotopic (exact) mass is 426 g/mol. The second-order valence-electron chi connectivity index (χ2n) is 8.51. The van der Waals surface area contributed by atoms with E-state index in [1.807, 2.05) is 6.07 Å². The van der Waals surface area contributed by atoms with Crippen molar-refractivity contribution in [2.24, 2.45) is 27.2 Å². The highest BCUT2D eigenvalue weighted by Gasteiger charge is 2.53. The van der Waals surface area contributed by atoms with Gasteiger partial charge in [-0.2, -0.15) is 4.99 Å². The first-order valence-electron chi connectivity index (χ1n) is 11.2. The van der Waals surface area contributed by atoms with E-state index in [4.69, 9.17) is 9.73 Å². The Kier molecular flexibility index (Phi) is 6.42. The number of esters is 1. The van der Waals surface area contributed by atoms with Crippen molar-refractivity contribution in [1.82, 2.24) is 0 Å². The van der Waals surface area contributed by atoms with Crippen LogP contribution >= 0.6 is 11.8 Å². The number of amides is 1. The molecule has 160 valence electrons. The number of aliphatic imine (C=N–C) groups is 2. The van der Waals surface area contributed by atoms with E-state index in [9.17, 15) is 9.59 Å². The summed E-state index contributed by atoms with van der Waals surface area (Å²) in [5.41, 5.74) is 3.09. The number of benzene rings is 1. The molecular formula is C24H30N2O3S. The summed E-state index contributed by atoms with van der Waals surface area (Å²) in [5.74, 6) is -0.0486. The molecule has 4 rings (SSSR count). The van der Waals surface area contributed by atoms with Crippen LogP contribution in [0.1, 0.15) is 63.5 Å². The average molecular weight is 427 g/mol. The minimum atomic E-state index is -0.311. The third kappa shape index (κ3) is 3.86. The smallest absolute Gasteiger partial charge is 0.316 e. The lowest BCUT2D eigenvalue weighted by Gasteiger charge is -2.50. The SMILES string of the molecule is CCOC(=O)CSC1=NC(=O)C2C(=N1)c1ccccc1CC2(CC)C1CCCCC1. The molecule has 0 radical (unpaired) electrons. The van der Waals surface area contributed by atoms with Gasteiger partial charge in [0.05, 0.1) is 24.0 Å². The molecule has 1 aromatic carbocycles. The van der Waals surface area contributed by atoms with Gasteiger partial charge in [-0.15, -0.1) is 0 Å². The predicted octanol–water partition coefficient (Wildman–Crippen LogP) is 4.82. The molecule has 0 saturated heterocycles. The molecule has 0 bridgehead atoms. The number of nitrogens with zero attached hydrogens (tertiary/aromatic N) is 2. The molecule has 0 aromatic heterocycles. The van der Waals surface area contributed by atoms with E-state index in [1.54, 1.807) is 6.92 Å². The van der Waals surface area contributed by atoms with E-state index in [2.05, 4.69) is 30.1 Å². The molecule has 1 heterocycles. The molecule has 1 fully saturated rings. The number of hydrogen-bond acceptors (Lipinski definition) is 5. The highest BCUT2D eigenvalue weighted by molar-refractivity contribution is 8.14. The first kappa shape index (κ1) is 21.3. The van der Waals surface area contributed by atoms with Crippen molar-refractivity contribution >= 4 is 34.5 Å². The van der Waals surface area contributed by atoms with Gasteiger partial charge in [0.2, 0.25) is 0 Å². The topological polar surface area (TPSA) is 68.1 Å². The molecule has 5 nitrogen and oxygen atoms in total. The second kappa shape index (κ2) is 9.04. The number of rotatable bonds is 5. The van der Waals surface area contributed by atoms with E-state index < -0.39 is 0 Å². The van der Waals surface area contributed by atoms with Crippen LogP contribution in [0.15, 0.2) is 34.3 Å². The van der Waals surface area contributed by atoms with Crippen LogP contribution in [0, 0.1) is 17.3 Å². The van der Waals surface area contributed by atoms with E-state index in [0.717, 1.165) is 24.1 Å². The quantitative estimate of drug-likeness (QED) is 0.633. The van der Waals surface area contributed by atoms with E-state index in [0.29, 0.717) is 17.7 Å². The van der Waals surface area contributed by atoms with Gasteiger partial charge >= 0.3 is 5.97 Å². The molecule has 1 saturated carbocycles. The Bertz CT molecular complexity index is 888. The summed E-state index contributed by atoms with van der Waals surface area (Å²) in [5, 5.41) is 0.379. The van der Waals surface area contributed by atoms with E-state index >= 15 is 0 Å². The Morgan fingerprint density at radius 1 is 1.17 bits per heavy atom. The molecule has 2 unspecified atom stereocenters. The first-order valence-corrected chi connectivity index (χ1v) is 12.2. The lowest BCUT2D eigenvalue weighted by Crippen LogP contribution is -2.52. The molecule has 2 atom stereocenters. The third-order valence-electron chi connectivity index (χ3n) is 7.03. The number of thioether (sulfide) groups is 1. The molecule has 3 aliphatic rings. The van der Waals surface area contributed by atoms with Crippen molar-refractivity contribution in [2.45, 2.75) is 58.8 Å². The number of carbonyl (C=O) groups is 2. The van der Waals surface area contributed by atoms with Gasteiger partial charge in [-0.1, -0.05) is 62.2 Å². The molecule has 0 spiro atoms. The summed E-state index contributed by atoms with van der Waals surface area (Å²) in [6.45, 7) is 4.35. The Morgan fingerprint density at radius 3 is 2.67 bits per heavy atom. The van der Waals surface area contributed by atoms with Crippen LogP contribution in [-0.2, 0) is 20.7 Å². The van der Waals surface area contributed by atoms with E-state index in [1.165, 1.54) is 49.4 Å². The van der Waals surface area contributed by atoms with E-state index in [-0.39, 0.29) is 29.0 Å². The summed E-state index contributed by atoms with van der Waals surface area (Å²) in [6.07, 6.45) is 8.00. The molecule has 30 heavy (non-hydrogen) atoms. The van der Waals surface area contributed by atoms with Crippen molar-refractivity contribution in [1.29, 1.82) is 0 Å². The van der Waals surface area contributed by atoms with Crippen molar-refractivity contribution in [3.8, 4) is 0 Å². The normalized spacial score (nSPS) is 26.3. The van der Waals surface area contributed by atoms with Crippen molar-refractivity contribution in [2.75, 3.05) is 12.4 Å². The fourth-order valence-corrected chi connectivity index (χ4v) is 6.30. The van der Waals surface area contributed by atoms with Crippen molar-refractivity contribution in [3.63, 3.8) is 0 Å². The van der Waals surface area contributed by atoms with Gasteiger partial charge in [0, 0.05) is 5.56 Å². The fourth-order valence-electron chi connectivity index (χ4n) is 5.65. The first-order chi connectivity index (χ1) is 14.6. The second-order valence-corrected chi connectivity index (χ2v) is 9.45. The van der Waals surface area contributed by atoms with Gasteiger partial charge in [0.1, 0.15) is 0 Å². The summed E-state index contributed by atoms with van der Waals surface area (Å²) < 4.78 is 5.00. The summed E-state index contributed by atoms with van der Waals surface area (Å²) in [7, 11) is 0. The number of ether oxygens (including phenoxy) is 1. The van der Waals surface area contributed by atoms with Gasteiger partial charge in [0.15, 0.2) is 5.17 Å². The number of fused-ring (bicyclic) bond motifs is 3. The van der Waals surface area contributed by atoms with Gasteiger partial charge in [-0.25, -0.2) is 4.99 Å². The van der Waals surface area contributed by atoms with Crippen LogP contribution in [0.5, 0.6) is 0 Å². The largest absolute Gasteiger partial charge is 0.465 e. The number of amidine groups is 1. The fraction of sp³-hybridized carbons (Fsp3) is 0.583. The molecule has 2 aliphatic carbocycles. The van der Waals surface area contributed by atoms with Crippen LogP contribution in [0.4, 0.5) is 0 Å². The lowest BCUT2D eigenvalue weighted by atomic mass is 9.53. The van der Waals surface area contributed by atoms with Crippen LogP contribution in [-0.4, -0.2) is 35.1 Å². The van der Waals surface area contributed by atoms with Crippen LogP contribution < -0.4 is 0 Å². The maximum atomic E-state index is 13.4. The van der Waals surface area contributed by atoms with Gasteiger partial charge in [0.25, 0.3) is 5.91 Å². The third-order valence-corrected chi connectivity index (χ3v) is 7.85. The van der Waals surface area contributed by atoms with Gasteiger partial charge < -0.3 is 4.74 Å². The number of hydrogen-bond donors (Lipinski definition) is 0. The predicted molar refractivity (Wildman–Crippen MR) is 121 cm³/mol. The number of carbonyl (C=O) groups excluding carboxylic acids is 2. The highest BCUT2D eigenvalue weighted by atomic mass is 32.2. The van der Waals surface area contributed by atoms with Gasteiger partial charge in [-0.3, -0.25) is 9.59 Å². The summed E-state index contributed by atoms with van der Waals surface area (Å²) in [4.78, 5) is 34.4. The van der Waals surface area contributed by atoms with Crippen LogP contribution in [0.3, 0.4) is 0 Å². The molecule has 1 aromatic rings. The zero-order valence-electron chi connectivity index (χ0n) is 17.9. The average Bonchev–Trinajstić information content (AvgIpc) is 2.77. The molecule has 1 aliphatic heterocycles. The Morgan fingerprint density at radius 2 is 1.93 bits per heavy atom. The van der Waals surface area contributed by atoms with Gasteiger partial charge in [-0.05, 0) is 49.5 Å². The molecule has 6 heteroatoms. The Hall–Kier alpha value is -1.95. The minimum absolute atomic E-state index is 0.0896. The minimum Gasteiger partial charge on any atom is -0.465 e. The lowest BCUT2D eigenvalue weighted by molar-refractivity contribution is -0.139. The molecular weight excluding hydrogens is 396 g/mol. The zero-order chi connectivity index (χ0) is 21.1. The Labute approximate surface area is 182 Å². The molecule has 1 amide bonds. The zero-order valence-corrected chi connectivity index (χ0v) is 18.7. The summed E-state index contributed by atoms with van der Waals surface area (Å²) in [6, 6.07) is 8.35. The maximum Gasteiger partial charge on any atom is 0.316 e. The van der Waals surface area contributed by atoms with Crippen molar-refractivity contribution in [3.05, 3.63) is 35.4 Å². The van der Waals surface area contributed by atoms with Crippen molar-refractivity contribution < 1.29 is 14.3 Å². The maximum absolute atomic E-state index is 13.4. The molecule has 0 N–H and O–H groups in total. The highest BCUT2D eigenvalue weighted by Crippen LogP contribution is 2.53. The standard InChI is InChI=1S/C24H30N2O3S/c1-3-24(17-11-6-5-7-12-17)14-16-10-8-9-13-18(16)21-20(24)22(28)26-23(25-21)30-15-19(27)29-4-2/h8-10,13,17,20H,3-7,11-12,14-15H2,1-2H3.